The van der Waals surface area contributed by atoms with E-state index in [1.807, 2.05) is 0 Å². The molecule has 1 heterocycles. The Bertz CT molecular complexity index is 271. The number of carbonyl (C=O) groups is 1. The van der Waals surface area contributed by atoms with Gasteiger partial charge in [0.2, 0.25) is 0 Å². The Morgan fingerprint density at radius 3 is 2.44 bits per heavy atom. The molecule has 7 nitrogen and oxygen atoms in total. The number of esters is 1. The minimum absolute atomic E-state index is 0.598. The lowest BCUT2D eigenvalue weighted by molar-refractivity contribution is -0.306. The highest BCUT2D eigenvalue weighted by Gasteiger charge is 2.54. The molecule has 94 valence electrons. The molecule has 16 heavy (non-hydrogen) atoms. The Morgan fingerprint density at radius 1 is 1.44 bits per heavy atom. The second kappa shape index (κ2) is 4.94. The average Bonchev–Trinajstić information content (AvgIpc) is 2.20. The summed E-state index contributed by atoms with van der Waals surface area (Å²) in [6, 6.07) is 0. The van der Waals surface area contributed by atoms with Crippen LogP contribution in [0, 0.1) is 0 Å². The number of carbonyl (C=O) groups excluding carboxylic acids is 1. The lowest BCUT2D eigenvalue weighted by Crippen LogP contribution is -2.63. The summed E-state index contributed by atoms with van der Waals surface area (Å²) in [5.41, 5.74) is 0. The van der Waals surface area contributed by atoms with Crippen molar-refractivity contribution in [1.82, 2.24) is 0 Å². The first-order valence-electron chi connectivity index (χ1n) is 4.53. The van der Waals surface area contributed by atoms with Crippen LogP contribution >= 0.6 is 15.9 Å². The number of ether oxygens (including phenoxy) is 2. The summed E-state index contributed by atoms with van der Waals surface area (Å²) in [5, 5.41) is 37.4. The fourth-order valence-electron chi connectivity index (χ4n) is 1.38. The molecule has 0 unspecified atom stereocenters. The van der Waals surface area contributed by atoms with Gasteiger partial charge in [0.25, 0.3) is 4.70 Å². The number of hydrogen-bond acceptors (Lipinski definition) is 7. The molecule has 0 bridgehead atoms. The largest absolute Gasteiger partial charge is 0.420 e. The maximum Gasteiger partial charge on any atom is 0.305 e. The van der Waals surface area contributed by atoms with Crippen molar-refractivity contribution in [2.45, 2.75) is 36.0 Å². The third kappa shape index (κ3) is 2.53. The monoisotopic (exact) mass is 300 g/mol. The predicted octanol–water partition coefficient (Wildman–Crippen LogP) is -1.93. The molecule has 1 aliphatic rings. The first-order valence-corrected chi connectivity index (χ1v) is 5.32. The number of halogens is 1. The van der Waals surface area contributed by atoms with Crippen molar-refractivity contribution in [2.75, 3.05) is 6.61 Å². The summed E-state index contributed by atoms with van der Waals surface area (Å²) >= 11 is 2.81. The maximum atomic E-state index is 10.8. The van der Waals surface area contributed by atoms with E-state index in [9.17, 15) is 20.1 Å². The van der Waals surface area contributed by atoms with Gasteiger partial charge in [-0.3, -0.25) is 4.79 Å². The highest BCUT2D eigenvalue weighted by Crippen LogP contribution is 2.36. The third-order valence-corrected chi connectivity index (χ3v) is 3.00. The van der Waals surface area contributed by atoms with Gasteiger partial charge in [-0.25, -0.2) is 0 Å². The second-order valence-electron chi connectivity index (χ2n) is 3.44. The summed E-state index contributed by atoms with van der Waals surface area (Å²) in [6.07, 6.45) is -5.92. The topological polar surface area (TPSA) is 116 Å². The van der Waals surface area contributed by atoms with Gasteiger partial charge in [0, 0.05) is 6.92 Å². The van der Waals surface area contributed by atoms with E-state index in [4.69, 9.17) is 9.84 Å². The fourth-order valence-corrected chi connectivity index (χ4v) is 2.12. The van der Waals surface area contributed by atoms with Crippen molar-refractivity contribution >= 4 is 21.9 Å². The number of rotatable bonds is 2. The number of alkyl halides is 1. The summed E-state index contributed by atoms with van der Waals surface area (Å²) in [6.45, 7) is 0.490. The zero-order valence-corrected chi connectivity index (χ0v) is 9.99. The Kier molecular flexibility index (Phi) is 4.27. The molecular formula is C8H13BrO7. The van der Waals surface area contributed by atoms with Crippen molar-refractivity contribution in [3.63, 3.8) is 0 Å². The van der Waals surface area contributed by atoms with Crippen LogP contribution in [0.5, 0.6) is 0 Å². The lowest BCUT2D eigenvalue weighted by Gasteiger charge is -2.43. The van der Waals surface area contributed by atoms with E-state index in [1.165, 1.54) is 0 Å². The molecule has 0 spiro atoms. The molecule has 5 atom stereocenters. The van der Waals surface area contributed by atoms with E-state index in [0.717, 1.165) is 6.92 Å². The Labute approximate surface area is 99.7 Å². The molecule has 0 aromatic heterocycles. The Morgan fingerprint density at radius 2 is 2.00 bits per heavy atom. The normalized spacial score (nSPS) is 44.1. The number of aliphatic hydroxyl groups excluding tert-OH is 4. The quantitative estimate of drug-likeness (QED) is 0.347. The van der Waals surface area contributed by atoms with Crippen LogP contribution in [-0.2, 0) is 14.3 Å². The van der Waals surface area contributed by atoms with Crippen molar-refractivity contribution in [1.29, 1.82) is 0 Å². The van der Waals surface area contributed by atoms with Gasteiger partial charge in [-0.05, 0) is 15.9 Å². The average molecular weight is 301 g/mol. The second-order valence-corrected chi connectivity index (χ2v) is 4.55. The van der Waals surface area contributed by atoms with Gasteiger partial charge in [0.15, 0.2) is 6.10 Å². The molecule has 8 heteroatoms. The summed E-state index contributed by atoms with van der Waals surface area (Å²) in [7, 11) is 0. The van der Waals surface area contributed by atoms with Gasteiger partial charge in [-0.1, -0.05) is 0 Å². The standard InChI is InChI=1S/C8H13BrO7/c1-3(11)15-8(9)7(14)6(13)5(12)4(2-10)16-8/h4-7,10,12-14H,2H2,1H3/t4-,5-,6+,7+,8-/m1/s1. The van der Waals surface area contributed by atoms with Crippen molar-refractivity contribution in [2.24, 2.45) is 0 Å². The highest BCUT2D eigenvalue weighted by molar-refractivity contribution is 9.10. The van der Waals surface area contributed by atoms with E-state index < -0.39 is 41.7 Å². The van der Waals surface area contributed by atoms with Crippen molar-refractivity contribution in [3.05, 3.63) is 0 Å². The van der Waals surface area contributed by atoms with Crippen LogP contribution in [0.1, 0.15) is 6.92 Å². The predicted molar refractivity (Wildman–Crippen MR) is 53.4 cm³/mol. The van der Waals surface area contributed by atoms with Crippen molar-refractivity contribution < 1.29 is 34.7 Å². The van der Waals surface area contributed by atoms with E-state index in [1.54, 1.807) is 0 Å². The van der Waals surface area contributed by atoms with Gasteiger partial charge in [-0.2, -0.15) is 0 Å². The minimum atomic E-state index is -1.97. The molecule has 0 radical (unpaired) electrons. The molecule has 0 aliphatic carbocycles. The van der Waals surface area contributed by atoms with Gasteiger partial charge in [-0.15, -0.1) is 0 Å². The van der Waals surface area contributed by atoms with E-state index in [0.29, 0.717) is 0 Å². The fraction of sp³-hybridized carbons (Fsp3) is 0.875. The molecule has 1 saturated heterocycles. The van der Waals surface area contributed by atoms with E-state index in [2.05, 4.69) is 20.7 Å². The third-order valence-electron chi connectivity index (χ3n) is 2.18. The van der Waals surface area contributed by atoms with Gasteiger partial charge in [0.1, 0.15) is 18.3 Å². The molecule has 0 aromatic carbocycles. The summed E-state index contributed by atoms with van der Waals surface area (Å²) in [4.78, 5) is 10.8. The van der Waals surface area contributed by atoms with Crippen LogP contribution < -0.4 is 0 Å². The summed E-state index contributed by atoms with van der Waals surface area (Å²) < 4.78 is 7.69. The molecule has 1 fully saturated rings. The van der Waals surface area contributed by atoms with Crippen LogP contribution in [0.3, 0.4) is 0 Å². The Hall–Kier alpha value is -0.250. The molecular weight excluding hydrogens is 288 g/mol. The first kappa shape index (κ1) is 13.8. The Balaban J connectivity index is 2.89. The highest BCUT2D eigenvalue weighted by atomic mass is 79.9. The SMILES string of the molecule is CC(=O)O[C@@]1(Br)O[C@H](CO)[C@@H](O)[C@H](O)[C@@H]1O. The van der Waals surface area contributed by atoms with Crippen LogP contribution in [0.15, 0.2) is 0 Å². The molecule has 0 amide bonds. The first-order chi connectivity index (χ1) is 7.31. The van der Waals surface area contributed by atoms with E-state index >= 15 is 0 Å². The van der Waals surface area contributed by atoms with Crippen LogP contribution in [0.4, 0.5) is 0 Å². The van der Waals surface area contributed by atoms with Gasteiger partial charge < -0.3 is 29.9 Å². The molecule has 1 rings (SSSR count). The maximum absolute atomic E-state index is 10.8. The van der Waals surface area contributed by atoms with E-state index in [-0.39, 0.29) is 0 Å². The van der Waals surface area contributed by atoms with Gasteiger partial charge in [0.05, 0.1) is 6.61 Å². The van der Waals surface area contributed by atoms with Crippen LogP contribution in [0.2, 0.25) is 0 Å². The molecule has 0 aromatic rings. The number of aliphatic hydroxyl groups is 4. The smallest absolute Gasteiger partial charge is 0.305 e. The van der Waals surface area contributed by atoms with Crippen molar-refractivity contribution in [3.8, 4) is 0 Å². The molecule has 0 saturated carbocycles. The van der Waals surface area contributed by atoms with Crippen LogP contribution in [-0.4, -0.2) is 62.1 Å². The molecule has 1 aliphatic heterocycles. The number of hydrogen-bond donors (Lipinski definition) is 4. The zero-order valence-electron chi connectivity index (χ0n) is 8.41. The van der Waals surface area contributed by atoms with Crippen LogP contribution in [0.25, 0.3) is 0 Å². The summed E-state index contributed by atoms with van der Waals surface area (Å²) in [5.74, 6) is -0.754. The molecule has 4 N–H and O–H groups in total. The van der Waals surface area contributed by atoms with Gasteiger partial charge >= 0.3 is 5.97 Å². The minimum Gasteiger partial charge on any atom is -0.420 e. The lowest BCUT2D eigenvalue weighted by atomic mass is 9.99. The zero-order chi connectivity index (χ0) is 12.5.